The fourth-order valence-electron chi connectivity index (χ4n) is 3.24. The zero-order chi connectivity index (χ0) is 20.6. The SMILES string of the molecule is CN=C(NCc1cccc(OCC(N)=O)c1)N1CCN(c2ccc(F)cc2)CC1.I. The molecule has 0 bridgehead atoms. The molecule has 7 nitrogen and oxygen atoms in total. The van der Waals surface area contributed by atoms with Crippen molar-refractivity contribution in [3.05, 3.63) is 59.9 Å². The van der Waals surface area contributed by atoms with Crippen molar-refractivity contribution in [1.82, 2.24) is 10.2 Å². The zero-order valence-corrected chi connectivity index (χ0v) is 19.2. The molecule has 3 rings (SSSR count). The summed E-state index contributed by atoms with van der Waals surface area (Å²) >= 11 is 0. The molecule has 0 aliphatic carbocycles. The van der Waals surface area contributed by atoms with E-state index in [0.29, 0.717) is 12.3 Å². The van der Waals surface area contributed by atoms with Gasteiger partial charge >= 0.3 is 0 Å². The van der Waals surface area contributed by atoms with Crippen LogP contribution in [0.25, 0.3) is 0 Å². The molecule has 0 saturated carbocycles. The molecule has 9 heteroatoms. The number of benzene rings is 2. The topological polar surface area (TPSA) is 83.2 Å². The number of halogens is 2. The molecule has 30 heavy (non-hydrogen) atoms. The van der Waals surface area contributed by atoms with Crippen molar-refractivity contribution in [3.8, 4) is 5.75 Å². The Hall–Kier alpha value is -2.56. The smallest absolute Gasteiger partial charge is 0.255 e. The van der Waals surface area contributed by atoms with E-state index in [2.05, 4.69) is 20.1 Å². The van der Waals surface area contributed by atoms with Crippen LogP contribution in [0.4, 0.5) is 10.1 Å². The third-order valence-corrected chi connectivity index (χ3v) is 4.71. The highest BCUT2D eigenvalue weighted by molar-refractivity contribution is 14.0. The zero-order valence-electron chi connectivity index (χ0n) is 16.9. The van der Waals surface area contributed by atoms with Crippen LogP contribution in [0.15, 0.2) is 53.5 Å². The molecule has 1 aliphatic rings. The number of piperazine rings is 1. The van der Waals surface area contributed by atoms with E-state index in [1.807, 2.05) is 30.3 Å². The average Bonchev–Trinajstić information content (AvgIpc) is 2.74. The Kier molecular flexibility index (Phi) is 9.15. The van der Waals surface area contributed by atoms with Gasteiger partial charge in [-0.2, -0.15) is 0 Å². The van der Waals surface area contributed by atoms with E-state index in [9.17, 15) is 9.18 Å². The normalized spacial score (nSPS) is 14.1. The Balaban J connectivity index is 0.00000320. The number of carbonyl (C=O) groups excluding carboxylic acids is 1. The van der Waals surface area contributed by atoms with Crippen LogP contribution in [-0.4, -0.2) is 56.6 Å². The van der Waals surface area contributed by atoms with E-state index in [1.165, 1.54) is 12.1 Å². The Morgan fingerprint density at radius 2 is 1.87 bits per heavy atom. The van der Waals surface area contributed by atoms with Crippen LogP contribution in [-0.2, 0) is 11.3 Å². The molecule has 0 spiro atoms. The maximum Gasteiger partial charge on any atom is 0.255 e. The van der Waals surface area contributed by atoms with Crippen LogP contribution in [0, 0.1) is 5.82 Å². The lowest BCUT2D eigenvalue weighted by Gasteiger charge is -2.37. The van der Waals surface area contributed by atoms with E-state index in [1.54, 1.807) is 13.1 Å². The molecule has 0 atom stereocenters. The quantitative estimate of drug-likeness (QED) is 0.342. The van der Waals surface area contributed by atoms with E-state index in [4.69, 9.17) is 10.5 Å². The highest BCUT2D eigenvalue weighted by Crippen LogP contribution is 2.17. The summed E-state index contributed by atoms with van der Waals surface area (Å²) in [5.74, 6) is 0.702. The van der Waals surface area contributed by atoms with Crippen molar-refractivity contribution in [3.63, 3.8) is 0 Å². The van der Waals surface area contributed by atoms with E-state index >= 15 is 0 Å². The van der Waals surface area contributed by atoms with Gasteiger partial charge in [-0.3, -0.25) is 9.79 Å². The molecule has 0 unspecified atom stereocenters. The van der Waals surface area contributed by atoms with E-state index in [0.717, 1.165) is 43.4 Å². The summed E-state index contributed by atoms with van der Waals surface area (Å²) in [6.45, 7) is 3.75. The lowest BCUT2D eigenvalue weighted by Crippen LogP contribution is -2.52. The maximum atomic E-state index is 13.1. The first-order chi connectivity index (χ1) is 14.0. The summed E-state index contributed by atoms with van der Waals surface area (Å²) in [6.07, 6.45) is 0. The maximum absolute atomic E-state index is 13.1. The van der Waals surface area contributed by atoms with Crippen LogP contribution < -0.4 is 20.7 Å². The van der Waals surface area contributed by atoms with Crippen molar-refractivity contribution in [2.24, 2.45) is 10.7 Å². The monoisotopic (exact) mass is 527 g/mol. The molecule has 0 aromatic heterocycles. The second-order valence-corrected chi connectivity index (χ2v) is 6.75. The number of anilines is 1. The predicted molar refractivity (Wildman–Crippen MR) is 127 cm³/mol. The van der Waals surface area contributed by atoms with Crippen molar-refractivity contribution in [2.75, 3.05) is 44.7 Å². The highest BCUT2D eigenvalue weighted by atomic mass is 127. The molecule has 162 valence electrons. The molecule has 1 amide bonds. The highest BCUT2D eigenvalue weighted by Gasteiger charge is 2.19. The van der Waals surface area contributed by atoms with Gasteiger partial charge in [0.15, 0.2) is 12.6 Å². The van der Waals surface area contributed by atoms with Crippen LogP contribution in [0.5, 0.6) is 5.75 Å². The fourth-order valence-corrected chi connectivity index (χ4v) is 3.24. The molecular weight excluding hydrogens is 500 g/mol. The van der Waals surface area contributed by atoms with Gasteiger partial charge in [0, 0.05) is 45.5 Å². The first-order valence-corrected chi connectivity index (χ1v) is 9.51. The van der Waals surface area contributed by atoms with Gasteiger partial charge in [-0.25, -0.2) is 4.39 Å². The fraction of sp³-hybridized carbons (Fsp3) is 0.333. The third-order valence-electron chi connectivity index (χ3n) is 4.71. The predicted octanol–water partition coefficient (Wildman–Crippen LogP) is 2.21. The van der Waals surface area contributed by atoms with Crippen LogP contribution in [0.3, 0.4) is 0 Å². The summed E-state index contributed by atoms with van der Waals surface area (Å²) in [4.78, 5) is 19.7. The number of nitrogens with one attached hydrogen (secondary N) is 1. The van der Waals surface area contributed by atoms with Crippen LogP contribution >= 0.6 is 24.0 Å². The van der Waals surface area contributed by atoms with Crippen LogP contribution in [0.2, 0.25) is 0 Å². The van der Waals surface area contributed by atoms with Gasteiger partial charge in [0.05, 0.1) is 0 Å². The minimum absolute atomic E-state index is 0. The lowest BCUT2D eigenvalue weighted by molar-refractivity contribution is -0.119. The number of rotatable bonds is 6. The molecule has 1 heterocycles. The summed E-state index contributed by atoms with van der Waals surface area (Å²) in [7, 11) is 1.76. The Bertz CT molecular complexity index is 855. The number of guanidine groups is 1. The molecular formula is C21H27FIN5O2. The van der Waals surface area contributed by atoms with Gasteiger partial charge < -0.3 is 25.6 Å². The molecule has 3 N–H and O–H groups in total. The second-order valence-electron chi connectivity index (χ2n) is 6.75. The Labute approximate surface area is 193 Å². The van der Waals surface area contributed by atoms with E-state index in [-0.39, 0.29) is 36.4 Å². The largest absolute Gasteiger partial charge is 0.484 e. The second kappa shape index (κ2) is 11.6. The van der Waals surface area contributed by atoms with Gasteiger partial charge in [-0.1, -0.05) is 12.1 Å². The first kappa shape index (κ1) is 23.7. The van der Waals surface area contributed by atoms with Gasteiger partial charge in [0.1, 0.15) is 11.6 Å². The number of hydrogen-bond donors (Lipinski definition) is 2. The summed E-state index contributed by atoms with van der Waals surface area (Å²) in [5, 5.41) is 3.37. The molecule has 2 aromatic carbocycles. The molecule has 0 radical (unpaired) electrons. The number of aliphatic imine (C=N–C) groups is 1. The van der Waals surface area contributed by atoms with Crippen LogP contribution in [0.1, 0.15) is 5.56 Å². The Morgan fingerprint density at radius 3 is 2.50 bits per heavy atom. The number of nitrogens with two attached hydrogens (primary N) is 1. The number of ether oxygens (including phenoxy) is 1. The van der Waals surface area contributed by atoms with Gasteiger partial charge in [0.25, 0.3) is 5.91 Å². The van der Waals surface area contributed by atoms with Gasteiger partial charge in [0.2, 0.25) is 0 Å². The average molecular weight is 527 g/mol. The lowest BCUT2D eigenvalue weighted by atomic mass is 10.2. The minimum Gasteiger partial charge on any atom is -0.484 e. The number of primary amides is 1. The molecule has 1 saturated heterocycles. The number of hydrogen-bond acceptors (Lipinski definition) is 4. The molecule has 1 fully saturated rings. The summed E-state index contributed by atoms with van der Waals surface area (Å²) in [5.41, 5.74) is 7.15. The van der Waals surface area contributed by atoms with E-state index < -0.39 is 5.91 Å². The van der Waals surface area contributed by atoms with Gasteiger partial charge in [-0.15, -0.1) is 24.0 Å². The summed E-state index contributed by atoms with van der Waals surface area (Å²) in [6, 6.07) is 14.1. The number of amides is 1. The summed E-state index contributed by atoms with van der Waals surface area (Å²) < 4.78 is 18.5. The standard InChI is InChI=1S/C21H26FN5O2.HI/c1-24-21(25-14-16-3-2-4-19(13-16)29-15-20(23)28)27-11-9-26(10-12-27)18-7-5-17(22)6-8-18;/h2-8,13H,9-12,14-15H2,1H3,(H2,23,28)(H,24,25);1H. The Morgan fingerprint density at radius 1 is 1.17 bits per heavy atom. The van der Waals surface area contributed by atoms with Crippen molar-refractivity contribution >= 4 is 41.5 Å². The van der Waals surface area contributed by atoms with Gasteiger partial charge in [-0.05, 0) is 42.0 Å². The first-order valence-electron chi connectivity index (χ1n) is 9.51. The molecule has 1 aliphatic heterocycles. The number of carbonyl (C=O) groups is 1. The number of nitrogens with zero attached hydrogens (tertiary/aromatic N) is 3. The van der Waals surface area contributed by atoms with Crippen molar-refractivity contribution in [1.29, 1.82) is 0 Å². The van der Waals surface area contributed by atoms with Crippen molar-refractivity contribution in [2.45, 2.75) is 6.54 Å². The van der Waals surface area contributed by atoms with Crippen molar-refractivity contribution < 1.29 is 13.9 Å². The third kappa shape index (κ3) is 6.75. The minimum atomic E-state index is -0.506. The molecule has 2 aromatic rings.